The van der Waals surface area contributed by atoms with Gasteiger partial charge >= 0.3 is 12.0 Å². The van der Waals surface area contributed by atoms with E-state index in [9.17, 15) is 9.59 Å². The zero-order valence-corrected chi connectivity index (χ0v) is 11.6. The Balaban J connectivity index is 2.52. The van der Waals surface area contributed by atoms with Crippen LogP contribution < -0.4 is 5.32 Å². The largest absolute Gasteiger partial charge is 0.467 e. The van der Waals surface area contributed by atoms with Gasteiger partial charge in [-0.05, 0) is 31.6 Å². The van der Waals surface area contributed by atoms with Crippen LogP contribution in [0, 0.1) is 5.92 Å². The number of likely N-dealkylation sites (tertiary alicyclic amines) is 1. The molecular weight excluding hydrogens is 232 g/mol. The Morgan fingerprint density at radius 1 is 1.22 bits per heavy atom. The lowest BCUT2D eigenvalue weighted by Gasteiger charge is -2.29. The third-order valence-electron chi connectivity index (χ3n) is 3.13. The van der Waals surface area contributed by atoms with Crippen LogP contribution in [0.1, 0.15) is 39.5 Å². The van der Waals surface area contributed by atoms with Gasteiger partial charge in [-0.2, -0.15) is 0 Å². The third-order valence-corrected chi connectivity index (χ3v) is 3.13. The first-order valence-corrected chi connectivity index (χ1v) is 6.68. The fraction of sp³-hybridized carbons (Fsp3) is 0.846. The molecule has 5 heteroatoms. The Bertz CT molecular complexity index is 286. The van der Waals surface area contributed by atoms with Gasteiger partial charge in [-0.15, -0.1) is 0 Å². The first kappa shape index (κ1) is 14.8. The fourth-order valence-corrected chi connectivity index (χ4v) is 2.17. The quantitative estimate of drug-likeness (QED) is 0.780. The summed E-state index contributed by atoms with van der Waals surface area (Å²) in [6.45, 7) is 5.59. The van der Waals surface area contributed by atoms with Crippen molar-refractivity contribution in [1.82, 2.24) is 10.2 Å². The predicted octanol–water partition coefficient (Wildman–Crippen LogP) is 1.77. The molecule has 1 N–H and O–H groups in total. The molecule has 0 aromatic carbocycles. The van der Waals surface area contributed by atoms with Crippen molar-refractivity contribution < 1.29 is 14.3 Å². The molecule has 0 aromatic rings. The number of amides is 2. The molecular formula is C13H24N2O3. The minimum atomic E-state index is -0.538. The van der Waals surface area contributed by atoms with Crippen LogP contribution in [-0.4, -0.2) is 43.1 Å². The van der Waals surface area contributed by atoms with Crippen molar-refractivity contribution in [2.45, 2.75) is 45.6 Å². The number of nitrogens with one attached hydrogen (secondary N) is 1. The van der Waals surface area contributed by atoms with Crippen LogP contribution in [0.5, 0.6) is 0 Å². The average Bonchev–Trinajstić information content (AvgIpc) is 2.37. The number of carbonyl (C=O) groups is 2. The first-order valence-electron chi connectivity index (χ1n) is 6.68. The highest BCUT2D eigenvalue weighted by molar-refractivity contribution is 5.83. The molecule has 0 aromatic heterocycles. The Labute approximate surface area is 109 Å². The lowest BCUT2D eigenvalue weighted by molar-refractivity contribution is -0.143. The highest BCUT2D eigenvalue weighted by Crippen LogP contribution is 2.11. The second-order valence-corrected chi connectivity index (χ2v) is 5.20. The lowest BCUT2D eigenvalue weighted by atomic mass is 10.0. The molecule has 1 aliphatic heterocycles. The van der Waals surface area contributed by atoms with Gasteiger partial charge in [-0.1, -0.05) is 13.8 Å². The Morgan fingerprint density at radius 2 is 1.83 bits per heavy atom. The molecule has 2 amide bonds. The molecule has 0 unspecified atom stereocenters. The summed E-state index contributed by atoms with van der Waals surface area (Å²) in [6, 6.07) is -0.685. The third kappa shape index (κ3) is 4.55. The molecule has 0 saturated carbocycles. The van der Waals surface area contributed by atoms with Gasteiger partial charge in [0.15, 0.2) is 0 Å². The molecule has 0 aliphatic carbocycles. The van der Waals surface area contributed by atoms with Gasteiger partial charge < -0.3 is 15.0 Å². The van der Waals surface area contributed by atoms with Crippen molar-refractivity contribution in [2.24, 2.45) is 5.92 Å². The Kier molecular flexibility index (Phi) is 5.95. The Morgan fingerprint density at radius 3 is 2.33 bits per heavy atom. The summed E-state index contributed by atoms with van der Waals surface area (Å²) in [6.07, 6.45) is 3.86. The van der Waals surface area contributed by atoms with E-state index in [4.69, 9.17) is 4.74 Å². The first-order chi connectivity index (χ1) is 8.54. The van der Waals surface area contributed by atoms with Gasteiger partial charge in [0.2, 0.25) is 0 Å². The van der Waals surface area contributed by atoms with Crippen LogP contribution in [0.15, 0.2) is 0 Å². The van der Waals surface area contributed by atoms with Crippen LogP contribution in [0.2, 0.25) is 0 Å². The van der Waals surface area contributed by atoms with Gasteiger partial charge in [-0.3, -0.25) is 0 Å². The molecule has 1 aliphatic rings. The van der Waals surface area contributed by atoms with Crippen molar-refractivity contribution in [1.29, 1.82) is 0 Å². The molecule has 5 nitrogen and oxygen atoms in total. The fourth-order valence-electron chi connectivity index (χ4n) is 2.17. The van der Waals surface area contributed by atoms with Crippen molar-refractivity contribution in [3.63, 3.8) is 0 Å². The van der Waals surface area contributed by atoms with Crippen LogP contribution in [0.25, 0.3) is 0 Å². The normalized spacial score (nSPS) is 17.4. The van der Waals surface area contributed by atoms with Crippen LogP contribution in [-0.2, 0) is 9.53 Å². The zero-order valence-electron chi connectivity index (χ0n) is 11.6. The molecule has 1 saturated heterocycles. The number of carbonyl (C=O) groups excluding carboxylic acids is 2. The van der Waals surface area contributed by atoms with Crippen molar-refractivity contribution in [3.05, 3.63) is 0 Å². The maximum Gasteiger partial charge on any atom is 0.328 e. The van der Waals surface area contributed by atoms with Gasteiger partial charge in [-0.25, -0.2) is 9.59 Å². The monoisotopic (exact) mass is 256 g/mol. The number of hydrogen-bond acceptors (Lipinski definition) is 3. The van der Waals surface area contributed by atoms with Crippen LogP contribution in [0.3, 0.4) is 0 Å². The number of rotatable bonds is 4. The zero-order chi connectivity index (χ0) is 13.5. The van der Waals surface area contributed by atoms with E-state index in [1.54, 1.807) is 4.90 Å². The molecule has 1 atom stereocenters. The smallest absolute Gasteiger partial charge is 0.328 e. The summed E-state index contributed by atoms with van der Waals surface area (Å²) in [5.74, 6) is -0.0372. The number of ether oxygens (including phenoxy) is 1. The molecule has 1 rings (SSSR count). The van der Waals surface area contributed by atoms with Crippen LogP contribution >= 0.6 is 0 Å². The van der Waals surface area contributed by atoms with Crippen molar-refractivity contribution >= 4 is 12.0 Å². The number of piperidine rings is 1. The lowest BCUT2D eigenvalue weighted by Crippen LogP contribution is -2.50. The van der Waals surface area contributed by atoms with E-state index in [0.29, 0.717) is 12.3 Å². The van der Waals surface area contributed by atoms with E-state index in [1.165, 1.54) is 13.5 Å². The summed E-state index contributed by atoms with van der Waals surface area (Å²) in [4.78, 5) is 25.4. The molecule has 0 radical (unpaired) electrons. The average molecular weight is 256 g/mol. The number of hydrogen-bond donors (Lipinski definition) is 1. The van der Waals surface area contributed by atoms with Gasteiger partial charge in [0.1, 0.15) is 6.04 Å². The van der Waals surface area contributed by atoms with E-state index in [1.807, 2.05) is 13.8 Å². The standard InChI is InChI=1S/C13H24N2O3/c1-10(2)9-11(12(16)18-3)14-13(17)15-7-5-4-6-8-15/h10-11H,4-9H2,1-3H3,(H,14,17)/t11-/m0/s1. The summed E-state index contributed by atoms with van der Waals surface area (Å²) in [7, 11) is 1.35. The van der Waals surface area contributed by atoms with E-state index >= 15 is 0 Å². The van der Waals surface area contributed by atoms with Crippen molar-refractivity contribution in [2.75, 3.05) is 20.2 Å². The van der Waals surface area contributed by atoms with Crippen LogP contribution in [0.4, 0.5) is 4.79 Å². The maximum atomic E-state index is 12.0. The van der Waals surface area contributed by atoms with Gasteiger partial charge in [0, 0.05) is 13.1 Å². The second-order valence-electron chi connectivity index (χ2n) is 5.20. The molecule has 104 valence electrons. The molecule has 0 bridgehead atoms. The van der Waals surface area contributed by atoms with Gasteiger partial charge in [0.05, 0.1) is 7.11 Å². The summed E-state index contributed by atoms with van der Waals surface area (Å²) in [5, 5.41) is 2.78. The molecule has 1 fully saturated rings. The maximum absolute atomic E-state index is 12.0. The topological polar surface area (TPSA) is 58.6 Å². The SMILES string of the molecule is COC(=O)[C@H](CC(C)C)NC(=O)N1CCCCC1. The number of nitrogens with zero attached hydrogens (tertiary/aromatic N) is 1. The van der Waals surface area contributed by atoms with E-state index in [-0.39, 0.29) is 12.0 Å². The minimum absolute atomic E-state index is 0.147. The van der Waals surface area contributed by atoms with Gasteiger partial charge in [0.25, 0.3) is 0 Å². The summed E-state index contributed by atoms with van der Waals surface area (Å²) < 4.78 is 4.73. The second kappa shape index (κ2) is 7.24. The number of methoxy groups -OCH3 is 1. The number of urea groups is 1. The summed E-state index contributed by atoms with van der Waals surface area (Å²) >= 11 is 0. The van der Waals surface area contributed by atoms with E-state index in [0.717, 1.165) is 25.9 Å². The van der Waals surface area contributed by atoms with E-state index < -0.39 is 6.04 Å². The highest BCUT2D eigenvalue weighted by atomic mass is 16.5. The predicted molar refractivity (Wildman–Crippen MR) is 69.2 cm³/mol. The minimum Gasteiger partial charge on any atom is -0.467 e. The summed E-state index contributed by atoms with van der Waals surface area (Å²) in [5.41, 5.74) is 0. The number of esters is 1. The van der Waals surface area contributed by atoms with E-state index in [2.05, 4.69) is 5.32 Å². The highest BCUT2D eigenvalue weighted by Gasteiger charge is 2.25. The molecule has 0 spiro atoms. The molecule has 18 heavy (non-hydrogen) atoms. The van der Waals surface area contributed by atoms with Crippen molar-refractivity contribution in [3.8, 4) is 0 Å². The molecule has 1 heterocycles. The Hall–Kier alpha value is -1.26.